The molecule has 7 heterocycles. The first-order valence-electron chi connectivity index (χ1n) is 23.1. The number of hydrogen-bond acceptors (Lipinski definition) is 11. The van der Waals surface area contributed by atoms with E-state index in [9.17, 15) is 0 Å². The third-order valence-electron chi connectivity index (χ3n) is 15.0. The molecule has 0 fully saturated rings. The van der Waals surface area contributed by atoms with E-state index >= 15 is 0 Å². The summed E-state index contributed by atoms with van der Waals surface area (Å²) in [5.41, 5.74) is 17.8. The SMILES string of the molecule is CC1(C)c2cc(-c3cc4c5c(c3)N(c3ccc6c(c3)OCO6)c3cc6c(cc3B5c3cc5c(cc3N4c3ccc4c(c3)OCO4)OCO5)OCO6)ccc2-c2ccc(-c3cc4ccccc4o3)cc21. The number of ether oxygens (including phenoxy) is 8. The smallest absolute Gasteiger partial charge is 0.252 e. The number of hydrogen-bond donors (Lipinski definition) is 0. The fourth-order valence-electron chi connectivity index (χ4n) is 11.7. The molecule has 12 heteroatoms. The van der Waals surface area contributed by atoms with Crippen LogP contribution in [-0.2, 0) is 5.41 Å². The summed E-state index contributed by atoms with van der Waals surface area (Å²) >= 11 is 0. The fraction of sp³-hybridized carbons (Fsp3) is 0.123. The monoisotopic (exact) mass is 904 g/mol. The van der Waals surface area contributed by atoms with Gasteiger partial charge in [0.25, 0.3) is 6.71 Å². The topological polar surface area (TPSA) is 93.5 Å². The van der Waals surface area contributed by atoms with Crippen LogP contribution in [0.25, 0.3) is 44.5 Å². The second kappa shape index (κ2) is 13.3. The van der Waals surface area contributed by atoms with Crippen molar-refractivity contribution in [1.29, 1.82) is 0 Å². The quantitative estimate of drug-likeness (QED) is 0.158. The van der Waals surface area contributed by atoms with Crippen molar-refractivity contribution in [3.63, 3.8) is 0 Å². The van der Waals surface area contributed by atoms with Crippen LogP contribution in [0, 0.1) is 0 Å². The zero-order valence-electron chi connectivity index (χ0n) is 37.3. The summed E-state index contributed by atoms with van der Waals surface area (Å²) in [6.07, 6.45) is 0. The van der Waals surface area contributed by atoms with Crippen LogP contribution in [-0.4, -0.2) is 33.9 Å². The van der Waals surface area contributed by atoms with Crippen molar-refractivity contribution >= 4 is 68.2 Å². The first-order chi connectivity index (χ1) is 33.9. The highest BCUT2D eigenvalue weighted by molar-refractivity contribution is 7.00. The Balaban J connectivity index is 0.938. The van der Waals surface area contributed by atoms with Gasteiger partial charge in [-0.05, 0) is 123 Å². The Bertz CT molecular complexity index is 3610. The minimum atomic E-state index is -0.309. The summed E-state index contributed by atoms with van der Waals surface area (Å²) in [4.78, 5) is 4.67. The van der Waals surface area contributed by atoms with Gasteiger partial charge in [0.05, 0.1) is 11.4 Å². The molecule has 69 heavy (non-hydrogen) atoms. The summed E-state index contributed by atoms with van der Waals surface area (Å²) in [5, 5.41) is 1.09. The molecule has 1 aromatic heterocycles. The van der Waals surface area contributed by atoms with Crippen molar-refractivity contribution in [1.82, 2.24) is 0 Å². The summed E-state index contributed by atoms with van der Waals surface area (Å²) in [7, 11) is 0. The van der Waals surface area contributed by atoms with Crippen LogP contribution in [0.4, 0.5) is 34.1 Å². The van der Waals surface area contributed by atoms with Crippen LogP contribution < -0.4 is 64.1 Å². The van der Waals surface area contributed by atoms with Gasteiger partial charge in [-0.25, -0.2) is 0 Å². The Morgan fingerprint density at radius 2 is 0.913 bits per heavy atom. The van der Waals surface area contributed by atoms with E-state index in [1.54, 1.807) is 0 Å². The molecule has 0 spiro atoms. The number of furan rings is 1. The van der Waals surface area contributed by atoms with E-state index in [1.165, 1.54) is 22.3 Å². The van der Waals surface area contributed by atoms with Crippen LogP contribution in [0.3, 0.4) is 0 Å². The van der Waals surface area contributed by atoms with Gasteiger partial charge in [-0.15, -0.1) is 0 Å². The molecule has 8 aromatic carbocycles. The second-order valence-electron chi connectivity index (χ2n) is 18.9. The molecule has 9 aromatic rings. The molecule has 0 amide bonds. The number of anilines is 6. The molecule has 11 nitrogen and oxygen atoms in total. The highest BCUT2D eigenvalue weighted by Crippen LogP contribution is 2.54. The van der Waals surface area contributed by atoms with Crippen LogP contribution in [0.1, 0.15) is 25.0 Å². The fourth-order valence-corrected chi connectivity index (χ4v) is 11.7. The lowest BCUT2D eigenvalue weighted by Crippen LogP contribution is -2.61. The van der Waals surface area contributed by atoms with Gasteiger partial charge in [-0.1, -0.05) is 56.3 Å². The summed E-state index contributed by atoms with van der Waals surface area (Å²) < 4.78 is 54.6. The summed E-state index contributed by atoms with van der Waals surface area (Å²) in [5.74, 6) is 6.43. The van der Waals surface area contributed by atoms with E-state index in [2.05, 4.69) is 133 Å². The number of nitrogens with zero attached hydrogens (tertiary/aromatic N) is 2. The maximum atomic E-state index is 6.37. The van der Waals surface area contributed by atoms with Crippen molar-refractivity contribution in [3.05, 3.63) is 151 Å². The van der Waals surface area contributed by atoms with Gasteiger partial charge < -0.3 is 52.1 Å². The molecular weight excluding hydrogens is 867 g/mol. The minimum Gasteiger partial charge on any atom is -0.456 e. The third kappa shape index (κ3) is 5.17. The van der Waals surface area contributed by atoms with Crippen molar-refractivity contribution in [2.45, 2.75) is 19.3 Å². The Morgan fingerprint density at radius 3 is 1.48 bits per heavy atom. The molecule has 0 saturated carbocycles. The average molecular weight is 905 g/mol. The molecule has 0 N–H and O–H groups in total. The Kier molecular flexibility index (Phi) is 7.21. The number of fused-ring (bicyclic) bond motifs is 12. The van der Waals surface area contributed by atoms with E-state index < -0.39 is 0 Å². The van der Waals surface area contributed by atoms with E-state index in [0.29, 0.717) is 46.0 Å². The van der Waals surface area contributed by atoms with E-state index in [-0.39, 0.29) is 39.3 Å². The Hall–Kier alpha value is -8.64. The van der Waals surface area contributed by atoms with E-state index in [1.807, 2.05) is 30.3 Å². The lowest BCUT2D eigenvalue weighted by molar-refractivity contribution is 0.173. The third-order valence-corrected chi connectivity index (χ3v) is 15.0. The predicted molar refractivity (Wildman–Crippen MR) is 263 cm³/mol. The van der Waals surface area contributed by atoms with Gasteiger partial charge in [-0.3, -0.25) is 0 Å². The van der Waals surface area contributed by atoms with Gasteiger partial charge in [0.2, 0.25) is 27.2 Å². The van der Waals surface area contributed by atoms with Gasteiger partial charge >= 0.3 is 0 Å². The number of para-hydroxylation sites is 1. The molecular formula is C57H37BN2O9. The summed E-state index contributed by atoms with van der Waals surface area (Å²) in [6, 6.07) is 49.5. The molecule has 6 aliphatic heterocycles. The maximum absolute atomic E-state index is 6.37. The van der Waals surface area contributed by atoms with Gasteiger partial charge in [0, 0.05) is 63.4 Å². The Morgan fingerprint density at radius 1 is 0.420 bits per heavy atom. The molecule has 16 rings (SSSR count). The summed E-state index contributed by atoms with van der Waals surface area (Å²) in [6.45, 7) is 5.02. The molecule has 332 valence electrons. The molecule has 0 bridgehead atoms. The minimum absolute atomic E-state index is 0.141. The standard InChI is InChI=1S/C57H37BN2O9/c1-57(2)38-15-30(7-11-36(38)37-12-8-32(16-39(37)57)49-19-31-5-3-4-6-46(31)69-49)33-17-44-56-45(18-33)60(35-10-14-48-51(21-35)64-27-62-48)43-25-55-53(66-29-68-55)23-41(43)58(56)40-22-52-54(67-28-65-52)24-42(40)59(44)34-9-13-47-50(20-34)63-26-61-47/h3-25H,26-29H2,1-2H3. The van der Waals surface area contributed by atoms with Crippen molar-refractivity contribution < 1.29 is 42.3 Å². The van der Waals surface area contributed by atoms with Crippen LogP contribution in [0.2, 0.25) is 0 Å². The van der Waals surface area contributed by atoms with Crippen molar-refractivity contribution in [2.24, 2.45) is 0 Å². The lowest BCUT2D eigenvalue weighted by atomic mass is 9.33. The lowest BCUT2D eigenvalue weighted by Gasteiger charge is -2.44. The molecule has 0 radical (unpaired) electrons. The largest absolute Gasteiger partial charge is 0.456 e. The molecule has 0 unspecified atom stereocenters. The van der Waals surface area contributed by atoms with E-state index in [0.717, 1.165) is 83.9 Å². The average Bonchev–Trinajstić information content (AvgIpc) is 4.25. The Labute approximate surface area is 395 Å². The first-order valence-corrected chi connectivity index (χ1v) is 23.1. The highest BCUT2D eigenvalue weighted by atomic mass is 16.7. The van der Waals surface area contributed by atoms with Gasteiger partial charge in [-0.2, -0.15) is 0 Å². The number of benzene rings is 8. The molecule has 1 aliphatic carbocycles. The van der Waals surface area contributed by atoms with Crippen LogP contribution in [0.5, 0.6) is 46.0 Å². The predicted octanol–water partition coefficient (Wildman–Crippen LogP) is 11.1. The van der Waals surface area contributed by atoms with Crippen molar-refractivity contribution in [2.75, 3.05) is 37.0 Å². The highest BCUT2D eigenvalue weighted by Gasteiger charge is 2.46. The number of rotatable bonds is 4. The van der Waals surface area contributed by atoms with Gasteiger partial charge in [0.1, 0.15) is 11.3 Å². The van der Waals surface area contributed by atoms with E-state index in [4.69, 9.17) is 42.3 Å². The normalized spacial score (nSPS) is 16.1. The maximum Gasteiger partial charge on any atom is 0.252 e. The molecule has 7 aliphatic rings. The second-order valence-corrected chi connectivity index (χ2v) is 18.9. The molecule has 0 atom stereocenters. The van der Waals surface area contributed by atoms with Gasteiger partial charge in [0.15, 0.2) is 46.0 Å². The van der Waals surface area contributed by atoms with Crippen LogP contribution in [0.15, 0.2) is 144 Å². The zero-order chi connectivity index (χ0) is 45.3. The first kappa shape index (κ1) is 37.5. The van der Waals surface area contributed by atoms with Crippen molar-refractivity contribution in [3.8, 4) is 79.6 Å². The zero-order valence-corrected chi connectivity index (χ0v) is 37.3. The molecule has 0 saturated heterocycles. The van der Waals surface area contributed by atoms with Crippen LogP contribution >= 0.6 is 0 Å².